The lowest BCUT2D eigenvalue weighted by Crippen LogP contribution is -2.09. The second kappa shape index (κ2) is 5.74. The second-order valence-corrected chi connectivity index (χ2v) is 5.66. The molecule has 0 fully saturated rings. The summed E-state index contributed by atoms with van der Waals surface area (Å²) < 4.78 is 14.1. The van der Waals surface area contributed by atoms with E-state index in [1.807, 2.05) is 19.1 Å². The Morgan fingerprint density at radius 1 is 1.11 bits per heavy atom. The summed E-state index contributed by atoms with van der Waals surface area (Å²) in [7, 11) is 0. The maximum absolute atomic E-state index is 13.6. The molecule has 0 aromatic heterocycles. The van der Waals surface area contributed by atoms with Gasteiger partial charge in [0.1, 0.15) is 5.82 Å². The summed E-state index contributed by atoms with van der Waals surface area (Å²) in [4.78, 5) is 0. The Labute approximate surface area is 122 Å². The summed E-state index contributed by atoms with van der Waals surface area (Å²) in [6.45, 7) is 6.14. The summed E-state index contributed by atoms with van der Waals surface area (Å²) in [5.74, 6) is -0.245. The molecule has 0 radical (unpaired) electrons. The van der Waals surface area contributed by atoms with Gasteiger partial charge in [-0.2, -0.15) is 0 Å². The highest BCUT2D eigenvalue weighted by Gasteiger charge is 2.11. The van der Waals surface area contributed by atoms with E-state index in [0.29, 0.717) is 4.47 Å². The van der Waals surface area contributed by atoms with Gasteiger partial charge in [-0.1, -0.05) is 24.3 Å². The molecule has 19 heavy (non-hydrogen) atoms. The lowest BCUT2D eigenvalue weighted by atomic mass is 10.0. The summed E-state index contributed by atoms with van der Waals surface area (Å²) in [5.41, 5.74) is 4.31. The van der Waals surface area contributed by atoms with Crippen LogP contribution in [0.2, 0.25) is 0 Å². The fraction of sp³-hybridized carbons (Fsp3) is 0.250. The first-order chi connectivity index (χ1) is 8.99. The zero-order valence-corrected chi connectivity index (χ0v) is 12.9. The van der Waals surface area contributed by atoms with Crippen molar-refractivity contribution in [2.45, 2.75) is 26.8 Å². The van der Waals surface area contributed by atoms with Crippen LogP contribution in [-0.2, 0) is 0 Å². The Morgan fingerprint density at radius 3 is 2.47 bits per heavy atom. The van der Waals surface area contributed by atoms with Crippen LogP contribution in [0, 0.1) is 19.7 Å². The topological polar surface area (TPSA) is 12.0 Å². The lowest BCUT2D eigenvalue weighted by Gasteiger charge is -2.19. The number of rotatable bonds is 3. The Hall–Kier alpha value is -1.35. The van der Waals surface area contributed by atoms with Crippen molar-refractivity contribution in [1.82, 2.24) is 0 Å². The number of benzene rings is 2. The maximum Gasteiger partial charge on any atom is 0.139 e. The van der Waals surface area contributed by atoms with Crippen molar-refractivity contribution in [2.24, 2.45) is 0 Å². The molecular weight excluding hydrogens is 305 g/mol. The van der Waals surface area contributed by atoms with Crippen LogP contribution in [-0.4, -0.2) is 0 Å². The molecule has 0 amide bonds. The average Bonchev–Trinajstić information content (AvgIpc) is 2.36. The largest absolute Gasteiger partial charge is 0.378 e. The van der Waals surface area contributed by atoms with Crippen molar-refractivity contribution < 1.29 is 4.39 Å². The molecule has 100 valence electrons. The van der Waals surface area contributed by atoms with E-state index >= 15 is 0 Å². The summed E-state index contributed by atoms with van der Waals surface area (Å²) in [5, 5.41) is 3.37. The summed E-state index contributed by atoms with van der Waals surface area (Å²) >= 11 is 3.20. The molecule has 3 heteroatoms. The van der Waals surface area contributed by atoms with Crippen LogP contribution in [0.5, 0.6) is 0 Å². The first kappa shape index (κ1) is 14.1. The molecule has 1 unspecified atom stereocenters. The molecule has 1 atom stereocenters. The van der Waals surface area contributed by atoms with Crippen LogP contribution in [0.15, 0.2) is 40.9 Å². The predicted octanol–water partition coefficient (Wildman–Crippen LogP) is 5.38. The Kier molecular flexibility index (Phi) is 4.25. The molecule has 0 saturated heterocycles. The number of hydrogen-bond donors (Lipinski definition) is 1. The first-order valence-electron chi connectivity index (χ1n) is 6.26. The smallest absolute Gasteiger partial charge is 0.139 e. The van der Waals surface area contributed by atoms with Crippen molar-refractivity contribution in [2.75, 3.05) is 5.32 Å². The van der Waals surface area contributed by atoms with E-state index in [-0.39, 0.29) is 11.9 Å². The number of halogens is 2. The van der Waals surface area contributed by atoms with E-state index in [1.54, 1.807) is 6.07 Å². The highest BCUT2D eigenvalue weighted by atomic mass is 79.9. The molecule has 2 aromatic carbocycles. The third kappa shape index (κ3) is 3.16. The molecule has 0 heterocycles. The van der Waals surface area contributed by atoms with Gasteiger partial charge in [-0.05, 0) is 65.5 Å². The van der Waals surface area contributed by atoms with E-state index in [1.165, 1.54) is 17.2 Å². The zero-order valence-electron chi connectivity index (χ0n) is 11.3. The molecular formula is C16H17BrFN. The van der Waals surface area contributed by atoms with Gasteiger partial charge in [0.2, 0.25) is 0 Å². The van der Waals surface area contributed by atoms with Gasteiger partial charge in [0.15, 0.2) is 0 Å². The third-order valence-corrected chi connectivity index (χ3v) is 3.90. The Morgan fingerprint density at radius 2 is 1.79 bits per heavy atom. The standard InChI is InChI=1S/C16H17BrFN/c1-10-6-4-5-7-13(10)12(3)19-16-9-15(18)14(17)8-11(16)2/h4-9,12,19H,1-3H3. The Bertz CT molecular complexity index is 595. The zero-order chi connectivity index (χ0) is 14.0. The van der Waals surface area contributed by atoms with Crippen molar-refractivity contribution >= 4 is 21.6 Å². The van der Waals surface area contributed by atoms with Crippen LogP contribution in [0.25, 0.3) is 0 Å². The first-order valence-corrected chi connectivity index (χ1v) is 7.06. The average molecular weight is 322 g/mol. The molecule has 2 rings (SSSR count). The number of hydrogen-bond acceptors (Lipinski definition) is 1. The van der Waals surface area contributed by atoms with Crippen LogP contribution in [0.3, 0.4) is 0 Å². The highest BCUT2D eigenvalue weighted by molar-refractivity contribution is 9.10. The van der Waals surface area contributed by atoms with E-state index in [4.69, 9.17) is 0 Å². The summed E-state index contributed by atoms with van der Waals surface area (Å²) in [6, 6.07) is 11.7. The van der Waals surface area contributed by atoms with Crippen molar-refractivity contribution in [3.05, 3.63) is 63.4 Å². The molecule has 0 bridgehead atoms. The molecule has 0 aliphatic rings. The van der Waals surface area contributed by atoms with Crippen LogP contribution in [0.4, 0.5) is 10.1 Å². The normalized spacial score (nSPS) is 12.3. The molecule has 2 aromatic rings. The quantitative estimate of drug-likeness (QED) is 0.800. The van der Waals surface area contributed by atoms with Gasteiger partial charge in [0.25, 0.3) is 0 Å². The predicted molar refractivity (Wildman–Crippen MR) is 82.1 cm³/mol. The SMILES string of the molecule is Cc1cc(Br)c(F)cc1NC(C)c1ccccc1C. The van der Waals surface area contributed by atoms with Gasteiger partial charge in [-0.3, -0.25) is 0 Å². The van der Waals surface area contributed by atoms with E-state index in [0.717, 1.165) is 11.3 Å². The van der Waals surface area contributed by atoms with Crippen molar-refractivity contribution in [1.29, 1.82) is 0 Å². The Balaban J connectivity index is 2.27. The number of nitrogens with one attached hydrogen (secondary N) is 1. The van der Waals surface area contributed by atoms with Gasteiger partial charge in [0.05, 0.1) is 4.47 Å². The minimum absolute atomic E-state index is 0.139. The van der Waals surface area contributed by atoms with E-state index < -0.39 is 0 Å². The van der Waals surface area contributed by atoms with Gasteiger partial charge in [-0.25, -0.2) is 4.39 Å². The molecule has 0 saturated carbocycles. The van der Waals surface area contributed by atoms with Gasteiger partial charge in [-0.15, -0.1) is 0 Å². The monoisotopic (exact) mass is 321 g/mol. The number of aryl methyl sites for hydroxylation is 2. The lowest BCUT2D eigenvalue weighted by molar-refractivity contribution is 0.620. The molecule has 0 aliphatic carbocycles. The van der Waals surface area contributed by atoms with Crippen LogP contribution < -0.4 is 5.32 Å². The molecule has 1 N–H and O–H groups in total. The van der Waals surface area contributed by atoms with Crippen LogP contribution >= 0.6 is 15.9 Å². The third-order valence-electron chi connectivity index (χ3n) is 3.29. The van der Waals surface area contributed by atoms with Gasteiger partial charge in [0, 0.05) is 11.7 Å². The highest BCUT2D eigenvalue weighted by Crippen LogP contribution is 2.28. The van der Waals surface area contributed by atoms with E-state index in [9.17, 15) is 4.39 Å². The molecule has 0 aliphatic heterocycles. The van der Waals surface area contributed by atoms with Gasteiger partial charge >= 0.3 is 0 Å². The fourth-order valence-corrected chi connectivity index (χ4v) is 2.64. The minimum atomic E-state index is -0.245. The second-order valence-electron chi connectivity index (χ2n) is 4.80. The minimum Gasteiger partial charge on any atom is -0.378 e. The maximum atomic E-state index is 13.6. The molecule has 0 spiro atoms. The van der Waals surface area contributed by atoms with Gasteiger partial charge < -0.3 is 5.32 Å². The van der Waals surface area contributed by atoms with Crippen LogP contribution in [0.1, 0.15) is 29.7 Å². The number of anilines is 1. The molecule has 1 nitrogen and oxygen atoms in total. The van der Waals surface area contributed by atoms with Crippen molar-refractivity contribution in [3.8, 4) is 0 Å². The summed E-state index contributed by atoms with van der Waals surface area (Å²) in [6.07, 6.45) is 0. The fourth-order valence-electron chi connectivity index (χ4n) is 2.19. The van der Waals surface area contributed by atoms with E-state index in [2.05, 4.69) is 47.2 Å². The van der Waals surface area contributed by atoms with Crippen molar-refractivity contribution in [3.63, 3.8) is 0 Å².